The Balaban J connectivity index is 2.35. The average Bonchev–Trinajstić information content (AvgIpc) is 2.64. The molecule has 2 rings (SSSR count). The third-order valence-electron chi connectivity index (χ3n) is 2.40. The summed E-state index contributed by atoms with van der Waals surface area (Å²) >= 11 is 0. The second kappa shape index (κ2) is 4.59. The van der Waals surface area contributed by atoms with E-state index >= 15 is 0 Å². The molecule has 0 fully saturated rings. The molecular formula is C11H14N4O3. The molecule has 0 saturated heterocycles. The number of nitrogens with one attached hydrogen (secondary N) is 1. The normalized spacial score (nSPS) is 11.1. The van der Waals surface area contributed by atoms with Gasteiger partial charge < -0.3 is 9.84 Å². The van der Waals surface area contributed by atoms with Crippen molar-refractivity contribution in [2.75, 3.05) is 0 Å². The molecule has 0 atom stereocenters. The van der Waals surface area contributed by atoms with Crippen LogP contribution in [0.1, 0.15) is 19.5 Å². The third-order valence-corrected chi connectivity index (χ3v) is 2.40. The molecule has 0 aromatic carbocycles. The van der Waals surface area contributed by atoms with Gasteiger partial charge in [0.25, 0.3) is 11.3 Å². The molecule has 7 nitrogen and oxygen atoms in total. The summed E-state index contributed by atoms with van der Waals surface area (Å²) in [7, 11) is 0. The van der Waals surface area contributed by atoms with E-state index < -0.39 is 0 Å². The molecule has 0 unspecified atom stereocenters. The first-order valence-corrected chi connectivity index (χ1v) is 5.60. The van der Waals surface area contributed by atoms with Crippen molar-refractivity contribution >= 4 is 17.0 Å². The number of aryl methyl sites for hydroxylation is 1. The van der Waals surface area contributed by atoms with E-state index in [9.17, 15) is 9.59 Å². The van der Waals surface area contributed by atoms with Gasteiger partial charge in [0.2, 0.25) is 5.91 Å². The van der Waals surface area contributed by atoms with Crippen LogP contribution in [0.3, 0.4) is 0 Å². The molecule has 96 valence electrons. The lowest BCUT2D eigenvalue weighted by Gasteiger charge is -2.09. The zero-order chi connectivity index (χ0) is 13.3. The number of aromatic nitrogens is 3. The van der Waals surface area contributed by atoms with Crippen molar-refractivity contribution in [2.45, 2.75) is 33.4 Å². The molecule has 0 radical (unpaired) electrons. The zero-order valence-corrected chi connectivity index (χ0v) is 10.4. The lowest BCUT2D eigenvalue weighted by molar-refractivity contribution is -0.122. The van der Waals surface area contributed by atoms with Crippen LogP contribution in [-0.4, -0.2) is 26.7 Å². The summed E-state index contributed by atoms with van der Waals surface area (Å²) in [4.78, 5) is 27.6. The van der Waals surface area contributed by atoms with Crippen molar-refractivity contribution in [2.24, 2.45) is 0 Å². The molecule has 2 aromatic heterocycles. The topological polar surface area (TPSA) is 90.0 Å². The molecule has 2 heterocycles. The van der Waals surface area contributed by atoms with Crippen molar-refractivity contribution in [1.29, 1.82) is 0 Å². The van der Waals surface area contributed by atoms with Gasteiger partial charge in [0, 0.05) is 6.04 Å². The molecule has 0 aliphatic rings. The Morgan fingerprint density at radius 2 is 2.28 bits per heavy atom. The first-order valence-electron chi connectivity index (χ1n) is 5.60. The van der Waals surface area contributed by atoms with Crippen LogP contribution in [0.25, 0.3) is 11.1 Å². The van der Waals surface area contributed by atoms with Gasteiger partial charge in [0.1, 0.15) is 18.3 Å². The molecular weight excluding hydrogens is 236 g/mol. The number of fused-ring (bicyclic) bond motifs is 1. The van der Waals surface area contributed by atoms with Gasteiger partial charge in [-0.15, -0.1) is 0 Å². The van der Waals surface area contributed by atoms with Gasteiger partial charge in [-0.25, -0.2) is 4.98 Å². The van der Waals surface area contributed by atoms with Crippen LogP contribution in [0.15, 0.2) is 15.6 Å². The van der Waals surface area contributed by atoms with Crippen molar-refractivity contribution in [1.82, 2.24) is 20.0 Å². The summed E-state index contributed by atoms with van der Waals surface area (Å²) in [6, 6.07) is 0.0298. The highest BCUT2D eigenvalue weighted by Gasteiger charge is 2.13. The number of carbonyl (C=O) groups is 1. The van der Waals surface area contributed by atoms with Crippen molar-refractivity contribution in [3.8, 4) is 0 Å². The minimum Gasteiger partial charge on any atom is -0.352 e. The van der Waals surface area contributed by atoms with Crippen LogP contribution in [0.4, 0.5) is 0 Å². The average molecular weight is 250 g/mol. The standard InChI is InChI=1S/C11H14N4O3/c1-6(2)13-8(16)4-15-5-12-10-9(11(15)17)7(3)14-18-10/h5-6H,4H2,1-3H3,(H,13,16). The SMILES string of the molecule is Cc1noc2ncn(CC(=O)NC(C)C)c(=O)c12. The molecule has 2 aromatic rings. The lowest BCUT2D eigenvalue weighted by Crippen LogP contribution is -2.36. The highest BCUT2D eigenvalue weighted by molar-refractivity contribution is 5.77. The fourth-order valence-corrected chi connectivity index (χ4v) is 1.65. The maximum atomic E-state index is 12.1. The minimum atomic E-state index is -0.322. The smallest absolute Gasteiger partial charge is 0.267 e. The molecule has 18 heavy (non-hydrogen) atoms. The summed E-state index contributed by atoms with van der Waals surface area (Å²) in [6.45, 7) is 5.30. The predicted octanol–water partition coefficient (Wildman–Crippen LogP) is 0.218. The summed E-state index contributed by atoms with van der Waals surface area (Å²) in [5, 5.41) is 6.70. The van der Waals surface area contributed by atoms with Crippen LogP contribution < -0.4 is 10.9 Å². The fourth-order valence-electron chi connectivity index (χ4n) is 1.65. The van der Waals surface area contributed by atoms with Crippen LogP contribution in [0.5, 0.6) is 0 Å². The van der Waals surface area contributed by atoms with Gasteiger partial charge in [-0.3, -0.25) is 14.2 Å². The van der Waals surface area contributed by atoms with Gasteiger partial charge in [-0.1, -0.05) is 5.16 Å². The third kappa shape index (κ3) is 2.24. The predicted molar refractivity (Wildman–Crippen MR) is 64.1 cm³/mol. The Hall–Kier alpha value is -2.18. The van der Waals surface area contributed by atoms with E-state index in [1.54, 1.807) is 6.92 Å². The van der Waals surface area contributed by atoms with E-state index in [1.807, 2.05) is 13.8 Å². The van der Waals surface area contributed by atoms with Gasteiger partial charge in [-0.05, 0) is 20.8 Å². The number of nitrogens with zero attached hydrogens (tertiary/aromatic N) is 3. The lowest BCUT2D eigenvalue weighted by atomic mass is 10.3. The molecule has 1 N–H and O–H groups in total. The van der Waals surface area contributed by atoms with Crippen molar-refractivity contribution in [3.63, 3.8) is 0 Å². The van der Waals surface area contributed by atoms with Crippen molar-refractivity contribution < 1.29 is 9.32 Å². The first kappa shape index (κ1) is 12.3. The maximum Gasteiger partial charge on any atom is 0.267 e. The van der Waals surface area contributed by atoms with Crippen LogP contribution in [0.2, 0.25) is 0 Å². The van der Waals surface area contributed by atoms with E-state index in [1.165, 1.54) is 10.9 Å². The first-order chi connectivity index (χ1) is 8.49. The summed E-state index contributed by atoms with van der Waals surface area (Å²) in [5.74, 6) is -0.234. The largest absolute Gasteiger partial charge is 0.352 e. The van der Waals surface area contributed by atoms with Gasteiger partial charge in [-0.2, -0.15) is 0 Å². The number of rotatable bonds is 3. The zero-order valence-electron chi connectivity index (χ0n) is 10.4. The van der Waals surface area contributed by atoms with Crippen LogP contribution in [0, 0.1) is 6.92 Å². The molecule has 7 heteroatoms. The molecule has 1 amide bonds. The van der Waals surface area contributed by atoms with Gasteiger partial charge in [0.05, 0.1) is 5.69 Å². The quantitative estimate of drug-likeness (QED) is 0.841. The van der Waals surface area contributed by atoms with Crippen molar-refractivity contribution in [3.05, 3.63) is 22.4 Å². The summed E-state index contributed by atoms with van der Waals surface area (Å²) < 4.78 is 6.12. The Morgan fingerprint density at radius 1 is 1.56 bits per heavy atom. The molecule has 0 saturated carbocycles. The summed E-state index contributed by atoms with van der Waals surface area (Å²) in [5.41, 5.74) is 0.344. The molecule has 0 spiro atoms. The number of carbonyl (C=O) groups excluding carboxylic acids is 1. The van der Waals surface area contributed by atoms with Crippen LogP contribution >= 0.6 is 0 Å². The van der Waals surface area contributed by atoms with Gasteiger partial charge in [0.15, 0.2) is 0 Å². The van der Waals surface area contributed by atoms with E-state index in [0.29, 0.717) is 11.1 Å². The Labute approximate surface area is 103 Å². The second-order valence-corrected chi connectivity index (χ2v) is 4.35. The van der Waals surface area contributed by atoms with E-state index in [0.717, 1.165) is 0 Å². The van der Waals surface area contributed by atoms with E-state index in [-0.39, 0.29) is 29.8 Å². The molecule has 0 bridgehead atoms. The second-order valence-electron chi connectivity index (χ2n) is 4.35. The Bertz CT molecular complexity index is 641. The maximum absolute atomic E-state index is 12.1. The highest BCUT2D eigenvalue weighted by Crippen LogP contribution is 2.09. The Kier molecular flexibility index (Phi) is 3.14. The number of amides is 1. The molecule has 0 aliphatic heterocycles. The molecule has 0 aliphatic carbocycles. The van der Waals surface area contributed by atoms with Gasteiger partial charge >= 0.3 is 0 Å². The minimum absolute atomic E-state index is 0.0298. The number of hydrogen-bond donors (Lipinski definition) is 1. The van der Waals surface area contributed by atoms with Crippen LogP contribution in [-0.2, 0) is 11.3 Å². The van der Waals surface area contributed by atoms with E-state index in [4.69, 9.17) is 4.52 Å². The summed E-state index contributed by atoms with van der Waals surface area (Å²) in [6.07, 6.45) is 1.29. The van der Waals surface area contributed by atoms with E-state index in [2.05, 4.69) is 15.5 Å². The monoisotopic (exact) mass is 250 g/mol. The number of hydrogen-bond acceptors (Lipinski definition) is 5. The Morgan fingerprint density at radius 3 is 2.94 bits per heavy atom. The highest BCUT2D eigenvalue weighted by atomic mass is 16.5. The fraction of sp³-hybridized carbons (Fsp3) is 0.455.